The van der Waals surface area contributed by atoms with Gasteiger partial charge in [0.25, 0.3) is 0 Å². The molecule has 1 atom stereocenters. The van der Waals surface area contributed by atoms with E-state index in [2.05, 4.69) is 5.32 Å². The van der Waals surface area contributed by atoms with Crippen LogP contribution in [0.4, 0.5) is 8.78 Å². The van der Waals surface area contributed by atoms with E-state index in [9.17, 15) is 13.9 Å². The van der Waals surface area contributed by atoms with E-state index < -0.39 is 17.2 Å². The lowest BCUT2D eigenvalue weighted by atomic mass is 9.94. The Morgan fingerprint density at radius 3 is 2.61 bits per heavy atom. The monoisotopic (exact) mass is 259 g/mol. The van der Waals surface area contributed by atoms with Crippen LogP contribution in [0.2, 0.25) is 0 Å². The number of aliphatic hydroxyl groups is 1. The molecule has 0 aliphatic heterocycles. The van der Waals surface area contributed by atoms with Crippen LogP contribution < -0.4 is 5.32 Å². The fourth-order valence-electron chi connectivity index (χ4n) is 1.66. The first-order chi connectivity index (χ1) is 8.40. The molecule has 0 spiro atoms. The first-order valence-corrected chi connectivity index (χ1v) is 5.77. The van der Waals surface area contributed by atoms with Crippen molar-refractivity contribution < 1.29 is 18.6 Å². The Morgan fingerprint density at radius 2 is 2.00 bits per heavy atom. The van der Waals surface area contributed by atoms with Crippen LogP contribution in [0, 0.1) is 18.6 Å². The van der Waals surface area contributed by atoms with Crippen molar-refractivity contribution in [3.63, 3.8) is 0 Å². The molecule has 1 unspecified atom stereocenters. The molecule has 0 fully saturated rings. The van der Waals surface area contributed by atoms with Gasteiger partial charge in [-0.1, -0.05) is 12.1 Å². The van der Waals surface area contributed by atoms with E-state index in [1.54, 1.807) is 7.11 Å². The molecule has 18 heavy (non-hydrogen) atoms. The predicted molar refractivity (Wildman–Crippen MR) is 65.4 cm³/mol. The van der Waals surface area contributed by atoms with Crippen molar-refractivity contribution in [1.82, 2.24) is 5.32 Å². The molecule has 0 bridgehead atoms. The minimum absolute atomic E-state index is 0.0458. The van der Waals surface area contributed by atoms with Gasteiger partial charge in [0.15, 0.2) is 11.6 Å². The Morgan fingerprint density at radius 1 is 1.33 bits per heavy atom. The van der Waals surface area contributed by atoms with Gasteiger partial charge in [-0.15, -0.1) is 0 Å². The molecular weight excluding hydrogens is 240 g/mol. The molecule has 0 amide bonds. The van der Waals surface area contributed by atoms with Gasteiger partial charge in [-0.2, -0.15) is 0 Å². The topological polar surface area (TPSA) is 41.5 Å². The number of halogens is 2. The maximum absolute atomic E-state index is 13.7. The maximum Gasteiger partial charge on any atom is 0.165 e. The lowest BCUT2D eigenvalue weighted by molar-refractivity contribution is 0.0506. The summed E-state index contributed by atoms with van der Waals surface area (Å²) in [6, 6.07) is 2.86. The second kappa shape index (κ2) is 6.22. The number of nitrogens with one attached hydrogen (secondary N) is 1. The molecule has 0 aliphatic carbocycles. The van der Waals surface area contributed by atoms with Crippen molar-refractivity contribution in [2.45, 2.75) is 19.4 Å². The van der Waals surface area contributed by atoms with E-state index in [1.165, 1.54) is 26.0 Å². The number of hydrogen-bond acceptors (Lipinski definition) is 3. The summed E-state index contributed by atoms with van der Waals surface area (Å²) in [6.07, 6.45) is 0. The number of methoxy groups -OCH3 is 1. The van der Waals surface area contributed by atoms with Crippen LogP contribution in [0.5, 0.6) is 0 Å². The lowest BCUT2D eigenvalue weighted by Gasteiger charge is -2.25. The molecule has 5 heteroatoms. The fraction of sp³-hybridized carbons (Fsp3) is 0.538. The highest BCUT2D eigenvalue weighted by Crippen LogP contribution is 2.25. The van der Waals surface area contributed by atoms with Crippen LogP contribution in [0.25, 0.3) is 0 Å². The van der Waals surface area contributed by atoms with E-state index in [0.29, 0.717) is 13.2 Å². The zero-order valence-corrected chi connectivity index (χ0v) is 10.9. The Hall–Kier alpha value is -1.04. The molecule has 0 aromatic heterocycles. The van der Waals surface area contributed by atoms with E-state index in [-0.39, 0.29) is 17.7 Å². The molecule has 102 valence electrons. The quantitative estimate of drug-likeness (QED) is 0.764. The van der Waals surface area contributed by atoms with E-state index in [4.69, 9.17) is 4.74 Å². The normalized spacial score (nSPS) is 14.6. The number of rotatable bonds is 6. The zero-order chi connectivity index (χ0) is 13.8. The third-order valence-electron chi connectivity index (χ3n) is 2.81. The Bertz CT molecular complexity index is 408. The van der Waals surface area contributed by atoms with Crippen LogP contribution in [-0.2, 0) is 10.3 Å². The molecule has 0 aliphatic rings. The molecule has 1 aromatic carbocycles. The van der Waals surface area contributed by atoms with Crippen molar-refractivity contribution in [2.24, 2.45) is 0 Å². The molecule has 1 aromatic rings. The smallest absolute Gasteiger partial charge is 0.165 e. The summed E-state index contributed by atoms with van der Waals surface area (Å²) < 4.78 is 32.0. The number of aryl methyl sites for hydroxylation is 1. The van der Waals surface area contributed by atoms with Crippen molar-refractivity contribution >= 4 is 0 Å². The number of benzene rings is 1. The first kappa shape index (κ1) is 15.0. The van der Waals surface area contributed by atoms with Crippen molar-refractivity contribution in [1.29, 1.82) is 0 Å². The van der Waals surface area contributed by atoms with Gasteiger partial charge in [0.1, 0.15) is 5.60 Å². The Labute approximate surface area is 106 Å². The van der Waals surface area contributed by atoms with E-state index in [1.807, 2.05) is 0 Å². The van der Waals surface area contributed by atoms with Crippen LogP contribution in [0.1, 0.15) is 18.1 Å². The van der Waals surface area contributed by atoms with Gasteiger partial charge < -0.3 is 15.2 Å². The van der Waals surface area contributed by atoms with Crippen LogP contribution in [0.3, 0.4) is 0 Å². The second-order valence-corrected chi connectivity index (χ2v) is 4.50. The maximum atomic E-state index is 13.7. The van der Waals surface area contributed by atoms with E-state index in [0.717, 1.165) is 0 Å². The van der Waals surface area contributed by atoms with Gasteiger partial charge >= 0.3 is 0 Å². The van der Waals surface area contributed by atoms with Crippen LogP contribution in [-0.4, -0.2) is 31.9 Å². The molecule has 2 N–H and O–H groups in total. The summed E-state index contributed by atoms with van der Waals surface area (Å²) in [5.74, 6) is -1.90. The number of ether oxygens (including phenoxy) is 1. The molecular formula is C13H19F2NO2. The van der Waals surface area contributed by atoms with Gasteiger partial charge in [-0.3, -0.25) is 0 Å². The minimum Gasteiger partial charge on any atom is -0.384 e. The highest BCUT2D eigenvalue weighted by molar-refractivity contribution is 5.29. The first-order valence-electron chi connectivity index (χ1n) is 5.77. The van der Waals surface area contributed by atoms with Gasteiger partial charge in [0.2, 0.25) is 0 Å². The van der Waals surface area contributed by atoms with Crippen LogP contribution >= 0.6 is 0 Å². The summed E-state index contributed by atoms with van der Waals surface area (Å²) in [5, 5.41) is 13.1. The van der Waals surface area contributed by atoms with Gasteiger partial charge in [-0.25, -0.2) is 8.78 Å². The van der Waals surface area contributed by atoms with Crippen molar-refractivity contribution in [3.05, 3.63) is 34.9 Å². The summed E-state index contributed by atoms with van der Waals surface area (Å²) in [6.45, 7) is 4.06. The molecule has 0 saturated heterocycles. The molecule has 0 saturated carbocycles. The minimum atomic E-state index is -1.47. The average molecular weight is 259 g/mol. The Balaban J connectivity index is 2.81. The molecule has 0 radical (unpaired) electrons. The predicted octanol–water partition coefficient (Wildman–Crippen LogP) is 1.72. The molecule has 0 heterocycles. The van der Waals surface area contributed by atoms with Gasteiger partial charge in [0, 0.05) is 25.8 Å². The summed E-state index contributed by atoms with van der Waals surface area (Å²) in [5.41, 5.74) is -1.29. The highest BCUT2D eigenvalue weighted by Gasteiger charge is 2.28. The molecule has 3 nitrogen and oxygen atoms in total. The third kappa shape index (κ3) is 3.48. The molecule has 1 rings (SSSR count). The second-order valence-electron chi connectivity index (χ2n) is 4.50. The van der Waals surface area contributed by atoms with Gasteiger partial charge in [0.05, 0.1) is 6.61 Å². The number of hydrogen-bond donors (Lipinski definition) is 2. The zero-order valence-electron chi connectivity index (χ0n) is 10.9. The summed E-state index contributed by atoms with van der Waals surface area (Å²) in [4.78, 5) is 0. The van der Waals surface area contributed by atoms with Crippen LogP contribution in [0.15, 0.2) is 12.1 Å². The highest BCUT2D eigenvalue weighted by atomic mass is 19.2. The summed E-state index contributed by atoms with van der Waals surface area (Å²) in [7, 11) is 1.56. The SMILES string of the molecule is COCCNCC(C)(O)c1ccc(C)c(F)c1F. The van der Waals surface area contributed by atoms with Gasteiger partial charge in [-0.05, 0) is 19.4 Å². The average Bonchev–Trinajstić information content (AvgIpc) is 2.31. The Kier molecular flexibility index (Phi) is 5.19. The van der Waals surface area contributed by atoms with E-state index >= 15 is 0 Å². The lowest BCUT2D eigenvalue weighted by Crippen LogP contribution is -2.37. The standard InChI is InChI=1S/C13H19F2NO2/c1-9-4-5-10(12(15)11(9)14)13(2,17)8-16-6-7-18-3/h4-5,16-17H,6-8H2,1-3H3. The van der Waals surface area contributed by atoms with Crippen molar-refractivity contribution in [3.8, 4) is 0 Å². The van der Waals surface area contributed by atoms with Crippen molar-refractivity contribution in [2.75, 3.05) is 26.8 Å². The largest absolute Gasteiger partial charge is 0.384 e. The third-order valence-corrected chi connectivity index (χ3v) is 2.81. The fourth-order valence-corrected chi connectivity index (χ4v) is 1.66. The summed E-state index contributed by atoms with van der Waals surface area (Å²) >= 11 is 0.